The highest BCUT2D eigenvalue weighted by Gasteiger charge is 2.19. The fourth-order valence-corrected chi connectivity index (χ4v) is 3.22. The number of amides is 1. The van der Waals surface area contributed by atoms with E-state index in [-0.39, 0.29) is 11.6 Å². The number of carbonyl (C=O) groups is 1. The van der Waals surface area contributed by atoms with Crippen molar-refractivity contribution >= 4 is 17.3 Å². The summed E-state index contributed by atoms with van der Waals surface area (Å²) in [7, 11) is 0. The average Bonchev–Trinajstić information content (AvgIpc) is 2.74. The maximum Gasteiger partial charge on any atom is 0.269 e. The van der Waals surface area contributed by atoms with Crippen molar-refractivity contribution in [2.45, 2.75) is 13.5 Å². The molecule has 0 unspecified atom stereocenters. The summed E-state index contributed by atoms with van der Waals surface area (Å²) in [5.41, 5.74) is 5.23. The zero-order valence-electron chi connectivity index (χ0n) is 16.5. The molecule has 152 valence electrons. The van der Waals surface area contributed by atoms with Gasteiger partial charge in [-0.3, -0.25) is 24.7 Å². The maximum absolute atomic E-state index is 12.2. The maximum atomic E-state index is 12.2. The van der Waals surface area contributed by atoms with Gasteiger partial charge in [0.15, 0.2) is 0 Å². The van der Waals surface area contributed by atoms with E-state index in [4.69, 9.17) is 0 Å². The molecule has 8 nitrogen and oxygen atoms in total. The van der Waals surface area contributed by atoms with Crippen molar-refractivity contribution in [1.29, 1.82) is 0 Å². The quantitative estimate of drug-likeness (QED) is 0.441. The third-order valence-electron chi connectivity index (χ3n) is 4.93. The van der Waals surface area contributed by atoms with Gasteiger partial charge >= 0.3 is 0 Å². The highest BCUT2D eigenvalue weighted by atomic mass is 16.6. The second-order valence-corrected chi connectivity index (χ2v) is 7.07. The number of hydrogen-bond acceptors (Lipinski definition) is 6. The van der Waals surface area contributed by atoms with Crippen LogP contribution in [0.5, 0.6) is 0 Å². The minimum Gasteiger partial charge on any atom is -0.297 e. The molecule has 0 aromatic heterocycles. The van der Waals surface area contributed by atoms with Gasteiger partial charge in [-0.25, -0.2) is 5.43 Å². The number of piperazine rings is 1. The Balaban J connectivity index is 1.42. The molecular formula is C21H25N5O3. The van der Waals surface area contributed by atoms with Gasteiger partial charge < -0.3 is 0 Å². The Morgan fingerprint density at radius 1 is 1.03 bits per heavy atom. The van der Waals surface area contributed by atoms with Gasteiger partial charge in [-0.15, -0.1) is 0 Å². The van der Waals surface area contributed by atoms with Crippen molar-refractivity contribution in [1.82, 2.24) is 15.2 Å². The molecule has 0 bridgehead atoms. The third-order valence-corrected chi connectivity index (χ3v) is 4.93. The summed E-state index contributed by atoms with van der Waals surface area (Å²) in [6.07, 6.45) is 0. The van der Waals surface area contributed by atoms with E-state index in [1.165, 1.54) is 17.7 Å². The smallest absolute Gasteiger partial charge is 0.269 e. The largest absolute Gasteiger partial charge is 0.297 e. The van der Waals surface area contributed by atoms with Crippen molar-refractivity contribution in [2.75, 3.05) is 32.7 Å². The topological polar surface area (TPSA) is 91.1 Å². The van der Waals surface area contributed by atoms with E-state index in [9.17, 15) is 14.9 Å². The number of nitrogens with one attached hydrogen (secondary N) is 1. The Bertz CT molecular complexity index is 860. The molecule has 0 radical (unpaired) electrons. The second kappa shape index (κ2) is 9.90. The van der Waals surface area contributed by atoms with Crippen molar-refractivity contribution in [2.24, 2.45) is 5.10 Å². The van der Waals surface area contributed by atoms with Crippen LogP contribution in [0.2, 0.25) is 0 Å². The number of hydrazone groups is 1. The summed E-state index contributed by atoms with van der Waals surface area (Å²) >= 11 is 0. The number of benzene rings is 2. The van der Waals surface area contributed by atoms with Crippen molar-refractivity contribution in [3.63, 3.8) is 0 Å². The number of nitrogens with zero attached hydrogens (tertiary/aromatic N) is 4. The molecule has 0 aliphatic carbocycles. The molecule has 2 aromatic rings. The van der Waals surface area contributed by atoms with E-state index < -0.39 is 4.92 Å². The molecule has 1 aliphatic heterocycles. The Morgan fingerprint density at radius 2 is 1.66 bits per heavy atom. The lowest BCUT2D eigenvalue weighted by atomic mass is 10.1. The molecule has 1 saturated heterocycles. The van der Waals surface area contributed by atoms with Gasteiger partial charge in [-0.05, 0) is 30.2 Å². The fraction of sp³-hybridized carbons (Fsp3) is 0.333. The summed E-state index contributed by atoms with van der Waals surface area (Å²) < 4.78 is 0. The van der Waals surface area contributed by atoms with Gasteiger partial charge in [-0.2, -0.15) is 5.10 Å². The molecule has 0 atom stereocenters. The van der Waals surface area contributed by atoms with Crippen LogP contribution in [0.3, 0.4) is 0 Å². The fourth-order valence-electron chi connectivity index (χ4n) is 3.22. The van der Waals surface area contributed by atoms with Crippen molar-refractivity contribution in [3.05, 3.63) is 75.8 Å². The second-order valence-electron chi connectivity index (χ2n) is 7.07. The lowest BCUT2D eigenvalue weighted by molar-refractivity contribution is -0.384. The van der Waals surface area contributed by atoms with Gasteiger partial charge in [0.25, 0.3) is 11.6 Å². The van der Waals surface area contributed by atoms with Crippen LogP contribution in [0.25, 0.3) is 0 Å². The molecule has 1 aliphatic rings. The number of hydrogen-bond donors (Lipinski definition) is 1. The average molecular weight is 395 g/mol. The molecule has 0 saturated carbocycles. The van der Waals surface area contributed by atoms with Crippen LogP contribution in [-0.2, 0) is 11.3 Å². The van der Waals surface area contributed by atoms with Gasteiger partial charge in [0.2, 0.25) is 0 Å². The first kappa shape index (κ1) is 20.6. The summed E-state index contributed by atoms with van der Waals surface area (Å²) in [5.74, 6) is -0.164. The van der Waals surface area contributed by atoms with E-state index >= 15 is 0 Å². The number of rotatable bonds is 7. The van der Waals surface area contributed by atoms with Crippen LogP contribution in [0.1, 0.15) is 18.1 Å². The molecule has 0 spiro atoms. The summed E-state index contributed by atoms with van der Waals surface area (Å²) in [5, 5.41) is 14.8. The van der Waals surface area contributed by atoms with Crippen LogP contribution in [0, 0.1) is 10.1 Å². The Kier molecular flexibility index (Phi) is 7.04. The third kappa shape index (κ3) is 6.20. The number of nitro groups is 1. The Morgan fingerprint density at radius 3 is 2.28 bits per heavy atom. The lowest BCUT2D eigenvalue weighted by Gasteiger charge is -2.34. The first-order valence-corrected chi connectivity index (χ1v) is 9.58. The monoisotopic (exact) mass is 395 g/mol. The first-order chi connectivity index (χ1) is 14.0. The summed E-state index contributed by atoms with van der Waals surface area (Å²) in [6, 6.07) is 16.5. The summed E-state index contributed by atoms with van der Waals surface area (Å²) in [4.78, 5) is 27.0. The van der Waals surface area contributed by atoms with Crippen LogP contribution >= 0.6 is 0 Å². The Hall–Kier alpha value is -3.10. The number of non-ortho nitro benzene ring substituents is 1. The van der Waals surface area contributed by atoms with Gasteiger partial charge in [0, 0.05) is 44.9 Å². The van der Waals surface area contributed by atoms with Gasteiger partial charge in [-0.1, -0.05) is 30.3 Å². The molecule has 2 aromatic carbocycles. The Labute approximate surface area is 170 Å². The van der Waals surface area contributed by atoms with Crippen molar-refractivity contribution in [3.8, 4) is 0 Å². The summed E-state index contributed by atoms with van der Waals surface area (Å²) in [6.45, 7) is 6.51. The van der Waals surface area contributed by atoms with Gasteiger partial charge in [0.05, 0.1) is 17.2 Å². The highest BCUT2D eigenvalue weighted by molar-refractivity contribution is 5.99. The zero-order chi connectivity index (χ0) is 20.6. The molecule has 1 amide bonds. The van der Waals surface area contributed by atoms with Crippen LogP contribution < -0.4 is 5.43 Å². The van der Waals surface area contributed by atoms with Crippen LogP contribution in [-0.4, -0.2) is 59.1 Å². The van der Waals surface area contributed by atoms with Gasteiger partial charge in [0.1, 0.15) is 0 Å². The minimum atomic E-state index is -0.447. The van der Waals surface area contributed by atoms with Crippen LogP contribution in [0.15, 0.2) is 59.7 Å². The standard InChI is InChI=1S/C21H25N5O3/c1-17(19-7-9-20(10-8-19)26(28)29)22-23-21(27)16-25-13-11-24(12-14-25)15-18-5-3-2-4-6-18/h2-10H,11-16H2,1H3,(H,23,27)/b22-17+. The van der Waals surface area contributed by atoms with E-state index in [1.807, 2.05) is 6.07 Å². The first-order valence-electron chi connectivity index (χ1n) is 9.58. The number of carbonyl (C=O) groups excluding carboxylic acids is 1. The minimum absolute atomic E-state index is 0.0250. The van der Waals surface area contributed by atoms with E-state index in [0.717, 1.165) is 38.3 Å². The molecule has 8 heteroatoms. The molecule has 1 heterocycles. The molecule has 3 rings (SSSR count). The van der Waals surface area contributed by atoms with Crippen LogP contribution in [0.4, 0.5) is 5.69 Å². The predicted molar refractivity (Wildman–Crippen MR) is 112 cm³/mol. The molecule has 1 fully saturated rings. The van der Waals surface area contributed by atoms with E-state index in [0.29, 0.717) is 12.3 Å². The highest BCUT2D eigenvalue weighted by Crippen LogP contribution is 2.12. The van der Waals surface area contributed by atoms with E-state index in [1.54, 1.807) is 19.1 Å². The molecule has 1 N–H and O–H groups in total. The lowest BCUT2D eigenvalue weighted by Crippen LogP contribution is -2.48. The predicted octanol–water partition coefficient (Wildman–Crippen LogP) is 2.25. The number of nitro benzene ring substituents is 1. The zero-order valence-corrected chi connectivity index (χ0v) is 16.5. The normalized spacial score (nSPS) is 15.8. The SMILES string of the molecule is C/C(=N\NC(=O)CN1CCN(Cc2ccccc2)CC1)c1ccc([N+](=O)[O-])cc1. The van der Waals surface area contributed by atoms with Crippen molar-refractivity contribution < 1.29 is 9.72 Å². The molecule has 29 heavy (non-hydrogen) atoms. The molecular weight excluding hydrogens is 370 g/mol. The van der Waals surface area contributed by atoms with E-state index in [2.05, 4.69) is 44.6 Å².